The molecule has 0 spiro atoms. The molecule has 2 heterocycles. The lowest BCUT2D eigenvalue weighted by Gasteiger charge is -2.03. The van der Waals surface area contributed by atoms with Crippen molar-refractivity contribution in [3.63, 3.8) is 0 Å². The van der Waals surface area contributed by atoms with Crippen molar-refractivity contribution in [2.45, 2.75) is 24.3 Å². The van der Waals surface area contributed by atoms with Crippen molar-refractivity contribution in [2.75, 3.05) is 0 Å². The summed E-state index contributed by atoms with van der Waals surface area (Å²) in [5.74, 6) is 1.42. The normalized spacial score (nSPS) is 11.0. The summed E-state index contributed by atoms with van der Waals surface area (Å²) in [5, 5.41) is 11.6. The van der Waals surface area contributed by atoms with Crippen molar-refractivity contribution >= 4 is 23.1 Å². The van der Waals surface area contributed by atoms with Crippen LogP contribution >= 0.6 is 23.1 Å². The first kappa shape index (κ1) is 15.2. The topological polar surface area (TPSA) is 30.7 Å². The van der Waals surface area contributed by atoms with Crippen molar-refractivity contribution in [3.05, 3.63) is 52.0 Å². The average molecular weight is 333 g/mol. The maximum absolute atomic E-state index is 12.9. The van der Waals surface area contributed by atoms with Gasteiger partial charge >= 0.3 is 0 Å². The number of halogens is 1. The van der Waals surface area contributed by atoms with E-state index in [-0.39, 0.29) is 5.82 Å². The predicted molar refractivity (Wildman–Crippen MR) is 89.7 cm³/mol. The zero-order chi connectivity index (χ0) is 15.5. The summed E-state index contributed by atoms with van der Waals surface area (Å²) in [4.78, 5) is 1.35. The monoisotopic (exact) mass is 333 g/mol. The number of hydrogen-bond acceptors (Lipinski definition) is 4. The molecular weight excluding hydrogens is 317 g/mol. The molecule has 6 heteroatoms. The zero-order valence-electron chi connectivity index (χ0n) is 12.4. The minimum absolute atomic E-state index is 0.209. The number of hydrogen-bond donors (Lipinski definition) is 0. The fraction of sp³-hybridized carbons (Fsp3) is 0.250. The van der Waals surface area contributed by atoms with Gasteiger partial charge in [-0.3, -0.25) is 0 Å². The van der Waals surface area contributed by atoms with Crippen LogP contribution in [0.2, 0.25) is 0 Å². The second-order valence-corrected chi connectivity index (χ2v) is 6.87. The van der Waals surface area contributed by atoms with Gasteiger partial charge in [0.1, 0.15) is 5.82 Å². The van der Waals surface area contributed by atoms with Gasteiger partial charge in [0, 0.05) is 28.6 Å². The molecule has 0 unspecified atom stereocenters. The average Bonchev–Trinajstić information content (AvgIpc) is 3.13. The zero-order valence-corrected chi connectivity index (χ0v) is 14.0. The minimum atomic E-state index is -0.209. The summed E-state index contributed by atoms with van der Waals surface area (Å²) < 4.78 is 14.9. The molecule has 3 aromatic rings. The van der Waals surface area contributed by atoms with Gasteiger partial charge in [-0.05, 0) is 30.2 Å². The molecule has 3 nitrogen and oxygen atoms in total. The van der Waals surface area contributed by atoms with E-state index in [0.717, 1.165) is 34.3 Å². The minimum Gasteiger partial charge on any atom is -0.305 e. The van der Waals surface area contributed by atoms with Gasteiger partial charge in [0.25, 0.3) is 0 Å². The first-order valence-corrected chi connectivity index (χ1v) is 8.88. The van der Waals surface area contributed by atoms with Crippen molar-refractivity contribution < 1.29 is 4.39 Å². The lowest BCUT2D eigenvalue weighted by Crippen LogP contribution is -1.94. The van der Waals surface area contributed by atoms with Gasteiger partial charge in [0.2, 0.25) is 0 Å². The molecule has 0 N–H and O–H groups in total. The third kappa shape index (κ3) is 3.23. The van der Waals surface area contributed by atoms with E-state index >= 15 is 0 Å². The van der Waals surface area contributed by atoms with E-state index in [1.807, 2.05) is 11.6 Å². The molecular formula is C16H16FN3S2. The fourth-order valence-corrected chi connectivity index (χ4v) is 3.78. The highest BCUT2D eigenvalue weighted by Crippen LogP contribution is 2.28. The molecule has 0 saturated heterocycles. The second kappa shape index (κ2) is 6.62. The van der Waals surface area contributed by atoms with Crippen LogP contribution in [0.1, 0.15) is 17.4 Å². The molecule has 2 aromatic heterocycles. The third-order valence-corrected chi connectivity index (χ3v) is 5.55. The summed E-state index contributed by atoms with van der Waals surface area (Å²) in [6, 6.07) is 8.73. The molecule has 0 aliphatic heterocycles. The lowest BCUT2D eigenvalue weighted by atomic mass is 10.2. The van der Waals surface area contributed by atoms with Crippen LogP contribution in [0.5, 0.6) is 0 Å². The first-order chi connectivity index (χ1) is 10.7. The smallest absolute Gasteiger partial charge is 0.191 e. The molecule has 114 valence electrons. The maximum atomic E-state index is 12.9. The maximum Gasteiger partial charge on any atom is 0.191 e. The highest BCUT2D eigenvalue weighted by atomic mass is 32.2. The van der Waals surface area contributed by atoms with Crippen molar-refractivity contribution in [1.82, 2.24) is 14.8 Å². The number of nitrogens with zero attached hydrogens (tertiary/aromatic N) is 3. The van der Waals surface area contributed by atoms with Gasteiger partial charge in [-0.2, -0.15) is 0 Å². The highest BCUT2D eigenvalue weighted by Gasteiger charge is 2.12. The molecule has 1 aromatic carbocycles. The number of benzene rings is 1. The van der Waals surface area contributed by atoms with Crippen LogP contribution in [0.3, 0.4) is 0 Å². The Labute approximate surface area is 137 Å². The van der Waals surface area contributed by atoms with Crippen LogP contribution in [0.15, 0.2) is 40.9 Å². The number of rotatable bonds is 5. The number of aromatic nitrogens is 3. The predicted octanol–water partition coefficient (Wildman–Crippen LogP) is 4.54. The van der Waals surface area contributed by atoms with E-state index in [1.54, 1.807) is 35.2 Å². The fourth-order valence-electron chi connectivity index (χ4n) is 2.10. The Bertz CT molecular complexity index is 762. The second-order valence-electron chi connectivity index (χ2n) is 4.94. The Hall–Kier alpha value is -1.66. The van der Waals surface area contributed by atoms with Gasteiger partial charge in [-0.1, -0.05) is 30.8 Å². The van der Waals surface area contributed by atoms with E-state index in [0.29, 0.717) is 0 Å². The Balaban J connectivity index is 1.74. The van der Waals surface area contributed by atoms with Gasteiger partial charge < -0.3 is 4.57 Å². The van der Waals surface area contributed by atoms with Gasteiger partial charge in [0.15, 0.2) is 11.0 Å². The Kier molecular flexibility index (Phi) is 4.59. The summed E-state index contributed by atoms with van der Waals surface area (Å²) in [7, 11) is 1.98. The quantitative estimate of drug-likeness (QED) is 0.642. The van der Waals surface area contributed by atoms with Gasteiger partial charge in [0.05, 0.1) is 0 Å². The summed E-state index contributed by atoms with van der Waals surface area (Å²) >= 11 is 3.35. The lowest BCUT2D eigenvalue weighted by molar-refractivity contribution is 0.627. The van der Waals surface area contributed by atoms with Crippen LogP contribution in [0, 0.1) is 5.82 Å². The molecule has 0 amide bonds. The van der Waals surface area contributed by atoms with E-state index < -0.39 is 0 Å². The van der Waals surface area contributed by atoms with Crippen LogP contribution in [-0.4, -0.2) is 14.8 Å². The van der Waals surface area contributed by atoms with E-state index in [9.17, 15) is 4.39 Å². The molecule has 0 saturated carbocycles. The van der Waals surface area contributed by atoms with Crippen LogP contribution in [-0.2, 0) is 19.2 Å². The third-order valence-electron chi connectivity index (χ3n) is 3.38. The molecule has 0 aliphatic rings. The van der Waals surface area contributed by atoms with E-state index in [2.05, 4.69) is 28.6 Å². The van der Waals surface area contributed by atoms with Crippen LogP contribution < -0.4 is 0 Å². The Morgan fingerprint density at radius 3 is 2.68 bits per heavy atom. The molecule has 0 atom stereocenters. The van der Waals surface area contributed by atoms with Gasteiger partial charge in [-0.15, -0.1) is 21.5 Å². The SMILES string of the molecule is CCc1cc(-c2nnc(SCc3ccc(F)cc3)n2C)cs1. The van der Waals surface area contributed by atoms with Crippen molar-refractivity contribution in [1.29, 1.82) is 0 Å². The van der Waals surface area contributed by atoms with E-state index in [4.69, 9.17) is 0 Å². The molecule has 0 radical (unpaired) electrons. The van der Waals surface area contributed by atoms with Crippen molar-refractivity contribution in [3.8, 4) is 11.4 Å². The van der Waals surface area contributed by atoms with Crippen molar-refractivity contribution in [2.24, 2.45) is 7.05 Å². The Morgan fingerprint density at radius 2 is 2.00 bits per heavy atom. The molecule has 0 bridgehead atoms. The number of thioether (sulfide) groups is 1. The molecule has 0 aliphatic carbocycles. The number of thiophene rings is 1. The molecule has 0 fully saturated rings. The van der Waals surface area contributed by atoms with Gasteiger partial charge in [-0.25, -0.2) is 4.39 Å². The Morgan fingerprint density at radius 1 is 1.23 bits per heavy atom. The highest BCUT2D eigenvalue weighted by molar-refractivity contribution is 7.98. The number of aryl methyl sites for hydroxylation is 1. The summed E-state index contributed by atoms with van der Waals surface area (Å²) in [6.45, 7) is 2.15. The first-order valence-electron chi connectivity index (χ1n) is 7.01. The largest absolute Gasteiger partial charge is 0.305 e. The van der Waals surface area contributed by atoms with Crippen LogP contribution in [0.4, 0.5) is 4.39 Å². The van der Waals surface area contributed by atoms with Crippen LogP contribution in [0.25, 0.3) is 11.4 Å². The molecule has 3 rings (SSSR count). The summed E-state index contributed by atoms with van der Waals surface area (Å²) in [5.41, 5.74) is 2.19. The summed E-state index contributed by atoms with van der Waals surface area (Å²) in [6.07, 6.45) is 1.04. The molecule has 22 heavy (non-hydrogen) atoms. The standard InChI is InChI=1S/C16H16FN3S2/c1-3-14-8-12(10-21-14)15-18-19-16(20(15)2)22-9-11-4-6-13(17)7-5-11/h4-8,10H,3,9H2,1-2H3. The van der Waals surface area contributed by atoms with E-state index in [1.165, 1.54) is 17.0 Å².